The number of piperazine rings is 1. The molecule has 0 aromatic heterocycles. The molecule has 0 unspecified atom stereocenters. The fourth-order valence-electron chi connectivity index (χ4n) is 3.05. The highest BCUT2D eigenvalue weighted by molar-refractivity contribution is 7.86. The second-order valence-electron chi connectivity index (χ2n) is 5.82. The molecule has 8 nitrogen and oxygen atoms in total. The molecule has 2 heterocycles. The molecule has 0 aromatic carbocycles. The van der Waals surface area contributed by atoms with Crippen molar-refractivity contribution in [2.75, 3.05) is 45.8 Å². The van der Waals surface area contributed by atoms with Gasteiger partial charge in [-0.25, -0.2) is 0 Å². The number of nitrogens with one attached hydrogen (secondary N) is 1. The zero-order chi connectivity index (χ0) is 16.3. The first-order valence-electron chi connectivity index (χ1n) is 7.92. The van der Waals surface area contributed by atoms with Crippen molar-refractivity contribution >= 4 is 16.1 Å². The second kappa shape index (κ2) is 7.22. The fraction of sp³-hybridized carbons (Fsp3) is 0.923. The summed E-state index contributed by atoms with van der Waals surface area (Å²) in [5.74, 6) is -0.258. The number of rotatable bonds is 5. The number of carbonyl (C=O) groups is 1. The monoisotopic (exact) mass is 333 g/mol. The van der Waals surface area contributed by atoms with Gasteiger partial charge in [-0.05, 0) is 19.9 Å². The van der Waals surface area contributed by atoms with E-state index in [4.69, 9.17) is 5.73 Å². The summed E-state index contributed by atoms with van der Waals surface area (Å²) in [6.45, 7) is 7.86. The summed E-state index contributed by atoms with van der Waals surface area (Å²) in [5.41, 5.74) is 5.91. The van der Waals surface area contributed by atoms with E-state index in [2.05, 4.69) is 17.1 Å². The molecule has 0 spiro atoms. The summed E-state index contributed by atoms with van der Waals surface area (Å²) >= 11 is 0. The minimum Gasteiger partial charge on any atom is -0.355 e. The lowest BCUT2D eigenvalue weighted by Crippen LogP contribution is -2.56. The van der Waals surface area contributed by atoms with Gasteiger partial charge in [0, 0.05) is 45.3 Å². The standard InChI is InChI=1S/C13H27N5O3S/c1-3-15-13(19)12-9-11(14)10-18(12)22(20,21)17-7-5-16(4-2)6-8-17/h11-12H,3-10,14H2,1-2H3,(H,15,19)/t11-,12+/m1/s1. The van der Waals surface area contributed by atoms with Crippen LogP contribution in [0.5, 0.6) is 0 Å². The maximum Gasteiger partial charge on any atom is 0.282 e. The van der Waals surface area contributed by atoms with Crippen LogP contribution in [0.25, 0.3) is 0 Å². The largest absolute Gasteiger partial charge is 0.355 e. The van der Waals surface area contributed by atoms with Crippen LogP contribution >= 0.6 is 0 Å². The van der Waals surface area contributed by atoms with E-state index in [0.717, 1.165) is 19.6 Å². The number of hydrogen-bond donors (Lipinski definition) is 2. The number of likely N-dealkylation sites (N-methyl/N-ethyl adjacent to an activating group) is 2. The third kappa shape index (κ3) is 3.60. The van der Waals surface area contributed by atoms with Crippen LogP contribution in [-0.2, 0) is 15.0 Å². The first-order valence-corrected chi connectivity index (χ1v) is 9.32. The van der Waals surface area contributed by atoms with Crippen molar-refractivity contribution < 1.29 is 13.2 Å². The Balaban J connectivity index is 2.11. The normalized spacial score (nSPS) is 28.9. The molecule has 1 amide bonds. The molecule has 0 aromatic rings. The Bertz CT molecular complexity index is 490. The molecule has 0 saturated carbocycles. The van der Waals surface area contributed by atoms with Crippen LogP contribution in [0.15, 0.2) is 0 Å². The molecule has 3 N–H and O–H groups in total. The lowest BCUT2D eigenvalue weighted by molar-refractivity contribution is -0.124. The van der Waals surface area contributed by atoms with Crippen LogP contribution in [-0.4, -0.2) is 85.7 Å². The molecule has 2 saturated heterocycles. The number of nitrogens with zero attached hydrogens (tertiary/aromatic N) is 3. The van der Waals surface area contributed by atoms with E-state index in [-0.39, 0.29) is 18.5 Å². The Morgan fingerprint density at radius 1 is 1.23 bits per heavy atom. The van der Waals surface area contributed by atoms with E-state index in [1.165, 1.54) is 8.61 Å². The molecule has 22 heavy (non-hydrogen) atoms. The zero-order valence-electron chi connectivity index (χ0n) is 13.4. The van der Waals surface area contributed by atoms with Crippen LogP contribution in [0, 0.1) is 0 Å². The molecule has 2 aliphatic rings. The van der Waals surface area contributed by atoms with Crippen molar-refractivity contribution in [1.82, 2.24) is 18.8 Å². The molecule has 0 aliphatic carbocycles. The van der Waals surface area contributed by atoms with Gasteiger partial charge in [0.15, 0.2) is 0 Å². The maximum absolute atomic E-state index is 12.8. The van der Waals surface area contributed by atoms with Crippen molar-refractivity contribution in [2.24, 2.45) is 5.73 Å². The summed E-state index contributed by atoms with van der Waals surface area (Å²) in [6.07, 6.45) is 0.375. The Morgan fingerprint density at radius 3 is 2.41 bits per heavy atom. The Morgan fingerprint density at radius 2 is 1.86 bits per heavy atom. The van der Waals surface area contributed by atoms with Gasteiger partial charge in [-0.2, -0.15) is 17.0 Å². The highest BCUT2D eigenvalue weighted by Gasteiger charge is 2.44. The third-order valence-corrected chi connectivity index (χ3v) is 6.36. The van der Waals surface area contributed by atoms with Crippen molar-refractivity contribution in [3.63, 3.8) is 0 Å². The number of nitrogens with two attached hydrogens (primary N) is 1. The molecule has 0 bridgehead atoms. The Kier molecular flexibility index (Phi) is 5.78. The predicted octanol–water partition coefficient (Wildman–Crippen LogP) is -1.59. The van der Waals surface area contributed by atoms with Crippen molar-refractivity contribution in [1.29, 1.82) is 0 Å². The van der Waals surface area contributed by atoms with E-state index in [9.17, 15) is 13.2 Å². The molecule has 2 aliphatic heterocycles. The van der Waals surface area contributed by atoms with Crippen LogP contribution in [0.3, 0.4) is 0 Å². The van der Waals surface area contributed by atoms with E-state index >= 15 is 0 Å². The van der Waals surface area contributed by atoms with E-state index in [1.807, 2.05) is 6.92 Å². The molecule has 2 atom stereocenters. The van der Waals surface area contributed by atoms with Gasteiger partial charge in [0.1, 0.15) is 6.04 Å². The van der Waals surface area contributed by atoms with Gasteiger partial charge in [0.25, 0.3) is 10.2 Å². The molecule has 0 radical (unpaired) electrons. The predicted molar refractivity (Wildman–Crippen MR) is 84.4 cm³/mol. The van der Waals surface area contributed by atoms with Crippen molar-refractivity contribution in [2.45, 2.75) is 32.4 Å². The molecular weight excluding hydrogens is 306 g/mol. The third-order valence-electron chi connectivity index (χ3n) is 4.34. The summed E-state index contributed by atoms with van der Waals surface area (Å²) in [4.78, 5) is 14.3. The van der Waals surface area contributed by atoms with E-state index < -0.39 is 16.3 Å². The van der Waals surface area contributed by atoms with Gasteiger partial charge in [-0.3, -0.25) is 4.79 Å². The average molecular weight is 333 g/mol. The minimum absolute atomic E-state index is 0.206. The highest BCUT2D eigenvalue weighted by atomic mass is 32.2. The van der Waals surface area contributed by atoms with Gasteiger partial charge >= 0.3 is 0 Å². The first-order chi connectivity index (χ1) is 10.4. The van der Waals surface area contributed by atoms with E-state index in [0.29, 0.717) is 26.1 Å². The van der Waals surface area contributed by atoms with Crippen LogP contribution < -0.4 is 11.1 Å². The SMILES string of the molecule is CCNC(=O)[C@@H]1C[C@@H](N)CN1S(=O)(=O)N1CCN(CC)CC1. The minimum atomic E-state index is -3.64. The summed E-state index contributed by atoms with van der Waals surface area (Å²) in [5, 5.41) is 2.70. The molecule has 9 heteroatoms. The van der Waals surface area contributed by atoms with Crippen LogP contribution in [0.1, 0.15) is 20.3 Å². The Hall–Kier alpha value is -0.740. The summed E-state index contributed by atoms with van der Waals surface area (Å²) < 4.78 is 28.4. The topological polar surface area (TPSA) is 99.0 Å². The molecule has 128 valence electrons. The molecular formula is C13H27N5O3S. The molecule has 2 rings (SSSR count). The Labute approximate surface area is 132 Å². The van der Waals surface area contributed by atoms with E-state index in [1.54, 1.807) is 0 Å². The average Bonchev–Trinajstić information content (AvgIpc) is 2.90. The number of hydrogen-bond acceptors (Lipinski definition) is 5. The van der Waals surface area contributed by atoms with Crippen LogP contribution in [0.4, 0.5) is 0 Å². The van der Waals surface area contributed by atoms with Crippen molar-refractivity contribution in [3.8, 4) is 0 Å². The summed E-state index contributed by atoms with van der Waals surface area (Å²) in [6, 6.07) is -0.983. The fourth-order valence-corrected chi connectivity index (χ4v) is 4.85. The van der Waals surface area contributed by atoms with Gasteiger partial charge < -0.3 is 16.0 Å². The lowest BCUT2D eigenvalue weighted by atomic mass is 10.2. The van der Waals surface area contributed by atoms with Gasteiger partial charge in [0.2, 0.25) is 5.91 Å². The quantitative estimate of drug-likeness (QED) is 0.632. The summed E-state index contributed by atoms with van der Waals surface area (Å²) in [7, 11) is -3.64. The zero-order valence-corrected chi connectivity index (χ0v) is 14.2. The smallest absolute Gasteiger partial charge is 0.282 e. The van der Waals surface area contributed by atoms with Crippen LogP contribution in [0.2, 0.25) is 0 Å². The molecule has 2 fully saturated rings. The highest BCUT2D eigenvalue weighted by Crippen LogP contribution is 2.24. The lowest BCUT2D eigenvalue weighted by Gasteiger charge is -2.36. The number of carbonyl (C=O) groups excluding carboxylic acids is 1. The van der Waals surface area contributed by atoms with Crippen molar-refractivity contribution in [3.05, 3.63) is 0 Å². The maximum atomic E-state index is 12.8. The number of amides is 1. The van der Waals surface area contributed by atoms with Gasteiger partial charge in [-0.1, -0.05) is 6.92 Å². The van der Waals surface area contributed by atoms with Gasteiger partial charge in [0.05, 0.1) is 0 Å². The second-order valence-corrected chi connectivity index (χ2v) is 7.70. The first kappa shape index (κ1) is 17.6. The van der Waals surface area contributed by atoms with Gasteiger partial charge in [-0.15, -0.1) is 0 Å².